The van der Waals surface area contributed by atoms with Crippen molar-refractivity contribution in [3.8, 4) is 11.8 Å². The zero-order chi connectivity index (χ0) is 11.8. The van der Waals surface area contributed by atoms with Crippen LogP contribution in [-0.2, 0) is 6.18 Å². The highest BCUT2D eigenvalue weighted by Gasteiger charge is 2.38. The van der Waals surface area contributed by atoms with Gasteiger partial charge in [-0.15, -0.1) is 0 Å². The van der Waals surface area contributed by atoms with E-state index in [2.05, 4.69) is 14.9 Å². The molecular formula is C8H4F3N3O2. The van der Waals surface area contributed by atoms with Gasteiger partial charge in [-0.05, 0) is 6.07 Å². The van der Waals surface area contributed by atoms with Gasteiger partial charge in [-0.1, -0.05) is 12.1 Å². The first-order chi connectivity index (χ1) is 7.48. The second kappa shape index (κ2) is 3.47. The Balaban J connectivity index is 2.57. The molecule has 1 aromatic heterocycles. The normalized spacial score (nSPS) is 11.7. The molecule has 0 unspecified atom stereocenters. The number of alkyl halides is 3. The molecule has 0 radical (unpaired) electrons. The van der Waals surface area contributed by atoms with Crippen molar-refractivity contribution < 1.29 is 27.6 Å². The van der Waals surface area contributed by atoms with Crippen LogP contribution in [0.25, 0.3) is 5.69 Å². The minimum absolute atomic E-state index is 0.360. The van der Waals surface area contributed by atoms with E-state index in [1.807, 2.05) is 0 Å². The summed E-state index contributed by atoms with van der Waals surface area (Å²) in [6.07, 6.45) is -5.61. The lowest BCUT2D eigenvalue weighted by Crippen LogP contribution is -2.38. The van der Waals surface area contributed by atoms with Gasteiger partial charge in [0, 0.05) is 6.07 Å². The van der Waals surface area contributed by atoms with Crippen molar-refractivity contribution in [1.82, 2.24) is 10.4 Å². The second-order valence-electron chi connectivity index (χ2n) is 2.84. The molecule has 2 rings (SSSR count). The third-order valence-corrected chi connectivity index (χ3v) is 1.80. The van der Waals surface area contributed by atoms with Gasteiger partial charge in [0.05, 0.1) is 9.90 Å². The van der Waals surface area contributed by atoms with Crippen LogP contribution < -0.4 is 9.90 Å². The summed E-state index contributed by atoms with van der Waals surface area (Å²) in [4.78, 5) is 0.505. The zero-order valence-corrected chi connectivity index (χ0v) is 7.60. The van der Waals surface area contributed by atoms with Gasteiger partial charge in [-0.3, -0.25) is 0 Å². The van der Waals surface area contributed by atoms with Gasteiger partial charge in [-0.25, -0.2) is 0 Å². The highest BCUT2D eigenvalue weighted by Crippen LogP contribution is 2.31. The van der Waals surface area contributed by atoms with Crippen molar-refractivity contribution in [2.75, 3.05) is 0 Å². The Morgan fingerprint density at radius 3 is 2.50 bits per heavy atom. The van der Waals surface area contributed by atoms with E-state index < -0.39 is 17.8 Å². The molecule has 0 saturated carbocycles. The number of hydrogen-bond donors (Lipinski definition) is 0. The lowest BCUT2D eigenvalue weighted by atomic mass is 10.2. The molecule has 0 aliphatic heterocycles. The van der Waals surface area contributed by atoms with Gasteiger partial charge in [0.1, 0.15) is 10.8 Å². The maximum atomic E-state index is 12.6. The molecule has 0 N–H and O–H groups in total. The first-order valence-electron chi connectivity index (χ1n) is 4.08. The van der Waals surface area contributed by atoms with Gasteiger partial charge < -0.3 is 9.63 Å². The number of aromatic nitrogens is 3. The first kappa shape index (κ1) is 10.4. The Morgan fingerprint density at radius 1 is 1.25 bits per heavy atom. The first-order valence-corrected chi connectivity index (χ1v) is 4.08. The molecule has 0 saturated heterocycles. The van der Waals surface area contributed by atoms with Crippen molar-refractivity contribution in [1.29, 1.82) is 0 Å². The van der Waals surface area contributed by atoms with E-state index in [4.69, 9.17) is 0 Å². The molecule has 84 valence electrons. The lowest BCUT2D eigenvalue weighted by molar-refractivity contribution is -0.727. The topological polar surface area (TPSA) is 65.9 Å². The monoisotopic (exact) mass is 231 g/mol. The third-order valence-electron chi connectivity index (χ3n) is 1.80. The molecule has 5 nitrogen and oxygen atoms in total. The molecular weight excluding hydrogens is 227 g/mol. The van der Waals surface area contributed by atoms with E-state index in [0.29, 0.717) is 4.80 Å². The predicted molar refractivity (Wildman–Crippen MR) is 40.3 cm³/mol. The van der Waals surface area contributed by atoms with E-state index in [-0.39, 0.29) is 5.69 Å². The van der Waals surface area contributed by atoms with Crippen LogP contribution in [0, 0.1) is 0 Å². The highest BCUT2D eigenvalue weighted by molar-refractivity contribution is 5.35. The van der Waals surface area contributed by atoms with E-state index >= 15 is 0 Å². The largest absolute Gasteiger partial charge is 0.523 e. The van der Waals surface area contributed by atoms with Gasteiger partial charge >= 0.3 is 6.18 Å². The van der Waals surface area contributed by atoms with Crippen molar-refractivity contribution in [2.45, 2.75) is 6.18 Å². The van der Waals surface area contributed by atoms with Crippen LogP contribution in [0.5, 0.6) is 6.08 Å². The second-order valence-corrected chi connectivity index (χ2v) is 2.84. The molecule has 0 amide bonds. The number of para-hydroxylation sites is 1. The van der Waals surface area contributed by atoms with Gasteiger partial charge in [0.2, 0.25) is 6.08 Å². The van der Waals surface area contributed by atoms with Crippen molar-refractivity contribution in [2.24, 2.45) is 0 Å². The fraction of sp³-hybridized carbons (Fsp3) is 0.125. The molecule has 0 aliphatic rings. The van der Waals surface area contributed by atoms with Gasteiger partial charge in [0.15, 0.2) is 0 Å². The molecule has 0 aliphatic carbocycles. The van der Waals surface area contributed by atoms with Crippen molar-refractivity contribution in [3.05, 3.63) is 29.8 Å². The molecule has 1 aromatic carbocycles. The third kappa shape index (κ3) is 1.81. The van der Waals surface area contributed by atoms with Gasteiger partial charge in [0.25, 0.3) is 5.69 Å². The Kier molecular flexibility index (Phi) is 2.26. The summed E-state index contributed by atoms with van der Waals surface area (Å²) in [5.74, 6) is 0. The molecule has 0 bridgehead atoms. The quantitative estimate of drug-likeness (QED) is 0.668. The van der Waals surface area contributed by atoms with Crippen LogP contribution >= 0.6 is 0 Å². The van der Waals surface area contributed by atoms with Crippen LogP contribution in [0.15, 0.2) is 28.8 Å². The number of nitrogens with zero attached hydrogens (tertiary/aromatic N) is 3. The van der Waals surface area contributed by atoms with Crippen molar-refractivity contribution >= 4 is 0 Å². The molecule has 16 heavy (non-hydrogen) atoms. The Bertz CT molecular complexity index is 509. The summed E-state index contributed by atoms with van der Waals surface area (Å²) in [5.41, 5.74) is -1.30. The van der Waals surface area contributed by atoms with E-state index in [9.17, 15) is 18.3 Å². The van der Waals surface area contributed by atoms with Crippen LogP contribution in [0.1, 0.15) is 5.56 Å². The maximum absolute atomic E-state index is 12.6. The SMILES string of the molecule is [O-]c1n[n+](-c2ccccc2C(F)(F)F)no1. The minimum Gasteiger partial charge on any atom is -0.523 e. The summed E-state index contributed by atoms with van der Waals surface area (Å²) >= 11 is 0. The number of halogens is 3. The van der Waals surface area contributed by atoms with E-state index in [0.717, 1.165) is 12.1 Å². The average Bonchev–Trinajstić information content (AvgIpc) is 2.64. The fourth-order valence-electron chi connectivity index (χ4n) is 1.17. The molecule has 0 atom stereocenters. The van der Waals surface area contributed by atoms with Crippen molar-refractivity contribution in [3.63, 3.8) is 0 Å². The Morgan fingerprint density at radius 2 is 1.94 bits per heavy atom. The summed E-state index contributed by atoms with van der Waals surface area (Å²) in [6.45, 7) is 0. The smallest absolute Gasteiger partial charge is 0.422 e. The maximum Gasteiger partial charge on any atom is 0.422 e. The van der Waals surface area contributed by atoms with Crippen LogP contribution in [0.4, 0.5) is 13.2 Å². The molecule has 1 heterocycles. The van der Waals surface area contributed by atoms with Crippen LogP contribution in [0.2, 0.25) is 0 Å². The minimum atomic E-state index is -4.55. The predicted octanol–water partition coefficient (Wildman–Crippen LogP) is 0.439. The number of hydrogen-bond acceptors (Lipinski definition) is 4. The van der Waals surface area contributed by atoms with E-state index in [1.165, 1.54) is 12.1 Å². The lowest BCUT2D eigenvalue weighted by Gasteiger charge is -2.04. The highest BCUT2D eigenvalue weighted by atomic mass is 19.4. The zero-order valence-electron chi connectivity index (χ0n) is 7.60. The molecule has 2 aromatic rings. The molecule has 0 fully saturated rings. The standard InChI is InChI=1S/C8H4F3N3O2/c9-8(10,11)5-3-1-2-4-6(5)14-12-7(15)16-13-14/h1-4H. The summed E-state index contributed by atoms with van der Waals surface area (Å²) in [7, 11) is 0. The molecule has 8 heteroatoms. The van der Waals surface area contributed by atoms with Crippen LogP contribution in [-0.4, -0.2) is 10.4 Å². The summed E-state index contributed by atoms with van der Waals surface area (Å²) in [5, 5.41) is 16.8. The number of benzene rings is 1. The van der Waals surface area contributed by atoms with E-state index in [1.54, 1.807) is 0 Å². The summed E-state index contributed by atoms with van der Waals surface area (Å²) < 4.78 is 41.8. The van der Waals surface area contributed by atoms with Crippen LogP contribution in [0.3, 0.4) is 0 Å². The Labute approximate surface area is 86.7 Å². The average molecular weight is 231 g/mol. The Hall–Kier alpha value is -2.12. The fourth-order valence-corrected chi connectivity index (χ4v) is 1.17. The summed E-state index contributed by atoms with van der Waals surface area (Å²) in [6, 6.07) is 4.60. The number of rotatable bonds is 1. The van der Waals surface area contributed by atoms with Gasteiger partial charge in [-0.2, -0.15) is 13.2 Å². The molecule has 0 spiro atoms.